The molecule has 0 saturated carbocycles. The van der Waals surface area contributed by atoms with Crippen LogP contribution in [0.3, 0.4) is 0 Å². The number of nitrogens with zero attached hydrogens (tertiary/aromatic N) is 3. The average Bonchev–Trinajstić information content (AvgIpc) is 3.64. The number of methoxy groups -OCH3 is 1. The van der Waals surface area contributed by atoms with E-state index in [0.717, 1.165) is 0 Å². The van der Waals surface area contributed by atoms with Gasteiger partial charge >= 0.3 is 5.97 Å². The predicted molar refractivity (Wildman–Crippen MR) is 173 cm³/mol. The molecule has 1 atom stereocenters. The number of rotatable bonds is 8. The minimum absolute atomic E-state index is 0.0537. The number of thiazole rings is 1. The van der Waals surface area contributed by atoms with Crippen LogP contribution >= 0.6 is 27.3 Å². The molecule has 1 aliphatic heterocycles. The molecular weight excluding hydrogens is 662 g/mol. The van der Waals surface area contributed by atoms with Gasteiger partial charge in [0.15, 0.2) is 4.80 Å². The number of furan rings is 1. The number of esters is 1. The lowest BCUT2D eigenvalue weighted by Crippen LogP contribution is -2.40. The lowest BCUT2D eigenvalue weighted by molar-refractivity contribution is -0.384. The summed E-state index contributed by atoms with van der Waals surface area (Å²) in [7, 11) is 1.57. The number of benzene rings is 3. The lowest BCUT2D eigenvalue weighted by atomic mass is 9.93. The number of hydrogen-bond donors (Lipinski definition) is 0. The molecular formula is C33H24BrN3O7S. The Morgan fingerprint density at radius 1 is 1.11 bits per heavy atom. The Morgan fingerprint density at radius 2 is 1.87 bits per heavy atom. The van der Waals surface area contributed by atoms with Crippen molar-refractivity contribution in [2.45, 2.75) is 13.0 Å². The van der Waals surface area contributed by atoms with E-state index in [-0.39, 0.29) is 23.4 Å². The van der Waals surface area contributed by atoms with Crippen LogP contribution in [-0.2, 0) is 9.53 Å². The Kier molecular flexibility index (Phi) is 8.33. The van der Waals surface area contributed by atoms with Crippen molar-refractivity contribution in [2.24, 2.45) is 4.99 Å². The summed E-state index contributed by atoms with van der Waals surface area (Å²) in [5.41, 5.74) is 2.26. The molecule has 0 bridgehead atoms. The second-order valence-corrected chi connectivity index (χ2v) is 11.7. The largest absolute Gasteiger partial charge is 0.497 e. The Balaban J connectivity index is 1.52. The van der Waals surface area contributed by atoms with Crippen LogP contribution in [0.25, 0.3) is 23.1 Å². The predicted octanol–water partition coefficient (Wildman–Crippen LogP) is 5.87. The van der Waals surface area contributed by atoms with E-state index in [2.05, 4.69) is 15.9 Å². The Hall–Kier alpha value is -5.07. The maximum atomic E-state index is 14.1. The zero-order valence-corrected chi connectivity index (χ0v) is 26.3. The fraction of sp³-hybridized carbons (Fsp3) is 0.121. The third kappa shape index (κ3) is 5.77. The van der Waals surface area contributed by atoms with Crippen molar-refractivity contribution in [3.63, 3.8) is 0 Å². The number of carbonyl (C=O) groups excluding carboxylic acids is 1. The third-order valence-electron chi connectivity index (χ3n) is 7.13. The first-order valence-corrected chi connectivity index (χ1v) is 15.4. The quantitative estimate of drug-likeness (QED) is 0.114. The third-order valence-corrected chi connectivity index (χ3v) is 8.77. The van der Waals surface area contributed by atoms with Crippen molar-refractivity contribution in [3.8, 4) is 17.1 Å². The van der Waals surface area contributed by atoms with E-state index in [1.807, 2.05) is 42.5 Å². The Bertz CT molecular complexity index is 2150. The van der Waals surface area contributed by atoms with Crippen LogP contribution in [0.5, 0.6) is 5.75 Å². The summed E-state index contributed by atoms with van der Waals surface area (Å²) in [6.45, 7) is 1.88. The van der Waals surface area contributed by atoms with E-state index in [1.165, 1.54) is 28.0 Å². The fourth-order valence-electron chi connectivity index (χ4n) is 5.06. The summed E-state index contributed by atoms with van der Waals surface area (Å²) >= 11 is 4.56. The molecule has 0 aliphatic carbocycles. The molecule has 2 aromatic heterocycles. The summed E-state index contributed by atoms with van der Waals surface area (Å²) < 4.78 is 19.2. The molecule has 10 nitrogen and oxygen atoms in total. The van der Waals surface area contributed by atoms with Crippen LogP contribution in [0.2, 0.25) is 0 Å². The molecule has 0 spiro atoms. The van der Waals surface area contributed by atoms with Crippen LogP contribution in [0.1, 0.15) is 29.9 Å². The summed E-state index contributed by atoms with van der Waals surface area (Å²) in [6.07, 6.45) is 1.62. The molecule has 6 rings (SSSR count). The number of halogens is 1. The molecule has 226 valence electrons. The smallest absolute Gasteiger partial charge is 0.338 e. The SMILES string of the molecule is CCOC(=O)C1=C(c2ccccc2)N=c2s/c(=C\c3ccc(-c4ccc([N+](=O)[O-])cc4Br)o3)c(=O)n2[C@H]1c1ccc(OC)cc1. The summed E-state index contributed by atoms with van der Waals surface area (Å²) in [5, 5.41) is 11.1. The van der Waals surface area contributed by atoms with E-state index >= 15 is 0 Å². The van der Waals surface area contributed by atoms with Crippen LogP contribution < -0.4 is 19.6 Å². The van der Waals surface area contributed by atoms with E-state index < -0.39 is 16.9 Å². The van der Waals surface area contributed by atoms with Crippen LogP contribution in [0.15, 0.2) is 109 Å². The van der Waals surface area contributed by atoms with Gasteiger partial charge in [0.25, 0.3) is 11.2 Å². The minimum atomic E-state index is -0.827. The highest BCUT2D eigenvalue weighted by Crippen LogP contribution is 2.36. The second kappa shape index (κ2) is 12.5. The van der Waals surface area contributed by atoms with Crippen LogP contribution in [-0.4, -0.2) is 29.2 Å². The number of hydrogen-bond acceptors (Lipinski definition) is 9. The summed E-state index contributed by atoms with van der Waals surface area (Å²) in [4.78, 5) is 43.6. The average molecular weight is 687 g/mol. The van der Waals surface area contributed by atoms with E-state index in [1.54, 1.807) is 50.4 Å². The highest BCUT2D eigenvalue weighted by atomic mass is 79.9. The van der Waals surface area contributed by atoms with Gasteiger partial charge in [-0.15, -0.1) is 0 Å². The van der Waals surface area contributed by atoms with Gasteiger partial charge in [-0.1, -0.05) is 53.8 Å². The van der Waals surface area contributed by atoms with Crippen molar-refractivity contribution < 1.29 is 23.6 Å². The first kappa shape index (κ1) is 30.0. The van der Waals surface area contributed by atoms with Gasteiger partial charge in [0.2, 0.25) is 0 Å². The summed E-state index contributed by atoms with van der Waals surface area (Å²) in [6, 6.07) is 23.5. The maximum Gasteiger partial charge on any atom is 0.338 e. The van der Waals surface area contributed by atoms with Gasteiger partial charge in [-0.3, -0.25) is 19.5 Å². The van der Waals surface area contributed by atoms with Crippen molar-refractivity contribution in [2.75, 3.05) is 13.7 Å². The standard InChI is InChI=1S/C33H24BrN3O7S/c1-3-43-32(39)28-29(19-7-5-4-6-8-19)35-33-36(30(28)20-9-12-22(42-2)13-10-20)31(38)27(45-33)18-23-14-16-26(44-23)24-15-11-21(37(40)41)17-25(24)34/h4-18,30H,3H2,1-2H3/b27-18-/t30-/m0/s1. The molecule has 3 aromatic carbocycles. The normalized spacial score (nSPS) is 14.6. The van der Waals surface area contributed by atoms with Gasteiger partial charge in [-0.25, -0.2) is 9.79 Å². The van der Waals surface area contributed by atoms with Gasteiger partial charge in [0.05, 0.1) is 40.5 Å². The number of fused-ring (bicyclic) bond motifs is 1. The molecule has 5 aromatic rings. The maximum absolute atomic E-state index is 14.1. The van der Waals surface area contributed by atoms with Gasteiger partial charge in [0, 0.05) is 33.8 Å². The molecule has 1 aliphatic rings. The first-order valence-electron chi connectivity index (χ1n) is 13.8. The molecule has 3 heterocycles. The molecule has 0 amide bonds. The zero-order valence-electron chi connectivity index (χ0n) is 23.9. The first-order chi connectivity index (χ1) is 21.8. The van der Waals surface area contributed by atoms with Crippen molar-refractivity contribution >= 4 is 50.7 Å². The molecule has 0 saturated heterocycles. The van der Waals surface area contributed by atoms with Gasteiger partial charge in [-0.2, -0.15) is 0 Å². The topological polar surface area (TPSA) is 126 Å². The lowest BCUT2D eigenvalue weighted by Gasteiger charge is -2.26. The van der Waals surface area contributed by atoms with Crippen molar-refractivity contribution in [1.29, 1.82) is 0 Å². The van der Waals surface area contributed by atoms with E-state index in [9.17, 15) is 19.7 Å². The number of nitro benzene ring substituents is 1. The monoisotopic (exact) mass is 685 g/mol. The van der Waals surface area contributed by atoms with Gasteiger partial charge < -0.3 is 13.9 Å². The number of nitro groups is 1. The number of non-ortho nitro benzene ring substituents is 1. The van der Waals surface area contributed by atoms with E-state index in [4.69, 9.17) is 18.9 Å². The molecule has 0 unspecified atom stereocenters. The Labute approximate surface area is 268 Å². The zero-order chi connectivity index (χ0) is 31.7. The molecule has 0 N–H and O–H groups in total. The Morgan fingerprint density at radius 3 is 2.53 bits per heavy atom. The molecule has 12 heteroatoms. The highest BCUT2D eigenvalue weighted by Gasteiger charge is 2.35. The minimum Gasteiger partial charge on any atom is -0.497 e. The van der Waals surface area contributed by atoms with Gasteiger partial charge in [-0.05, 0) is 58.7 Å². The second-order valence-electron chi connectivity index (χ2n) is 9.83. The molecule has 45 heavy (non-hydrogen) atoms. The highest BCUT2D eigenvalue weighted by molar-refractivity contribution is 9.10. The van der Waals surface area contributed by atoms with Crippen molar-refractivity contribution in [3.05, 3.63) is 142 Å². The van der Waals surface area contributed by atoms with E-state index in [0.29, 0.717) is 53.5 Å². The van der Waals surface area contributed by atoms with Crippen LogP contribution in [0.4, 0.5) is 5.69 Å². The number of aromatic nitrogens is 1. The molecule has 0 radical (unpaired) electrons. The number of carbonyl (C=O) groups is 1. The van der Waals surface area contributed by atoms with Gasteiger partial charge in [0.1, 0.15) is 17.3 Å². The van der Waals surface area contributed by atoms with Crippen LogP contribution in [0, 0.1) is 10.1 Å². The molecule has 0 fully saturated rings. The summed E-state index contributed by atoms with van der Waals surface area (Å²) in [5.74, 6) is 0.918. The van der Waals surface area contributed by atoms with Crippen molar-refractivity contribution in [1.82, 2.24) is 4.57 Å². The number of ether oxygens (including phenoxy) is 2. The fourth-order valence-corrected chi connectivity index (χ4v) is 6.61.